The average Bonchev–Trinajstić information content (AvgIpc) is 2.26. The lowest BCUT2D eigenvalue weighted by Crippen LogP contribution is -2.14. The van der Waals surface area contributed by atoms with Crippen molar-refractivity contribution in [2.75, 3.05) is 13.1 Å². The van der Waals surface area contributed by atoms with E-state index in [9.17, 15) is 0 Å². The maximum Gasteiger partial charge on any atom is 0.0261 e. The number of unbranched alkanes of at least 4 members (excludes halogenated alkanes) is 2. The molecule has 0 atom stereocenters. The third-order valence-electron chi connectivity index (χ3n) is 2.05. The Morgan fingerprint density at radius 1 is 0.800 bits per heavy atom. The van der Waals surface area contributed by atoms with Crippen molar-refractivity contribution in [2.24, 2.45) is 0 Å². The molecule has 84 valence electrons. The topological polar surface area (TPSA) is 24.1 Å². The summed E-state index contributed by atoms with van der Waals surface area (Å²) in [4.78, 5) is 0. The van der Waals surface area contributed by atoms with Gasteiger partial charge in [-0.2, -0.15) is 0 Å². The summed E-state index contributed by atoms with van der Waals surface area (Å²) >= 11 is 0. The van der Waals surface area contributed by atoms with Crippen LogP contribution in [-0.4, -0.2) is 13.1 Å². The smallest absolute Gasteiger partial charge is 0.0261 e. The Kier molecular flexibility index (Phi) is 8.25. The van der Waals surface area contributed by atoms with Gasteiger partial charge in [0.1, 0.15) is 0 Å². The minimum absolute atomic E-state index is 0.896. The van der Waals surface area contributed by atoms with Gasteiger partial charge in [-0.1, -0.05) is 26.3 Å². The van der Waals surface area contributed by atoms with Crippen LogP contribution in [0.2, 0.25) is 0 Å². The Hall–Kier alpha value is -1.44. The number of allylic oxidation sites excluding steroid dienone is 2. The monoisotopic (exact) mass is 206 g/mol. The molecule has 2 heteroatoms. The fourth-order valence-electron chi connectivity index (χ4n) is 1.07. The van der Waals surface area contributed by atoms with E-state index in [1.165, 1.54) is 6.42 Å². The van der Waals surface area contributed by atoms with E-state index in [-0.39, 0.29) is 0 Å². The highest BCUT2D eigenvalue weighted by atomic mass is 14.9. The van der Waals surface area contributed by atoms with Crippen LogP contribution in [0.4, 0.5) is 0 Å². The molecule has 2 nitrogen and oxygen atoms in total. The standard InChI is InChI=1S/C13H22N2/c1-5-12(3)14-10-8-7-9-11-15-13(4)6-2/h5-6,14-15H,1-4,7-11H2. The highest BCUT2D eigenvalue weighted by Gasteiger charge is 1.90. The van der Waals surface area contributed by atoms with Gasteiger partial charge in [0.15, 0.2) is 0 Å². The SMILES string of the molecule is C=CC(=C)NCCCCCNC(=C)C=C. The highest BCUT2D eigenvalue weighted by molar-refractivity contribution is 5.08. The van der Waals surface area contributed by atoms with Crippen molar-refractivity contribution in [2.45, 2.75) is 19.3 Å². The second kappa shape index (κ2) is 9.13. The van der Waals surface area contributed by atoms with Crippen LogP contribution in [0.1, 0.15) is 19.3 Å². The third-order valence-corrected chi connectivity index (χ3v) is 2.05. The van der Waals surface area contributed by atoms with E-state index < -0.39 is 0 Å². The number of nitrogens with one attached hydrogen (secondary N) is 2. The van der Waals surface area contributed by atoms with E-state index in [1.807, 2.05) is 0 Å². The molecule has 0 heterocycles. The van der Waals surface area contributed by atoms with Crippen LogP contribution in [0.5, 0.6) is 0 Å². The molecular weight excluding hydrogens is 184 g/mol. The lowest BCUT2D eigenvalue weighted by molar-refractivity contribution is 0.627. The molecule has 0 aromatic rings. The molecule has 0 spiro atoms. The molecule has 0 aromatic heterocycles. The van der Waals surface area contributed by atoms with E-state index in [2.05, 4.69) is 36.9 Å². The number of hydrogen-bond donors (Lipinski definition) is 2. The summed E-state index contributed by atoms with van der Waals surface area (Å²) in [7, 11) is 0. The van der Waals surface area contributed by atoms with Crippen molar-refractivity contribution in [1.29, 1.82) is 0 Å². The zero-order valence-corrected chi connectivity index (χ0v) is 9.52. The van der Waals surface area contributed by atoms with Gasteiger partial charge in [-0.3, -0.25) is 0 Å². The summed E-state index contributed by atoms with van der Waals surface area (Å²) in [6.45, 7) is 16.7. The van der Waals surface area contributed by atoms with E-state index in [0.29, 0.717) is 0 Å². The molecule has 0 unspecified atom stereocenters. The molecule has 0 amide bonds. The fourth-order valence-corrected chi connectivity index (χ4v) is 1.07. The van der Waals surface area contributed by atoms with Crippen molar-refractivity contribution < 1.29 is 0 Å². The van der Waals surface area contributed by atoms with E-state index >= 15 is 0 Å². The van der Waals surface area contributed by atoms with Gasteiger partial charge in [-0.25, -0.2) is 0 Å². The first-order valence-corrected chi connectivity index (χ1v) is 5.31. The van der Waals surface area contributed by atoms with Crippen LogP contribution >= 0.6 is 0 Å². The van der Waals surface area contributed by atoms with Crippen molar-refractivity contribution in [3.05, 3.63) is 49.9 Å². The molecule has 0 aliphatic carbocycles. The quantitative estimate of drug-likeness (QED) is 0.424. The minimum atomic E-state index is 0.896. The summed E-state index contributed by atoms with van der Waals surface area (Å²) in [5.41, 5.74) is 1.79. The van der Waals surface area contributed by atoms with Crippen LogP contribution in [0.25, 0.3) is 0 Å². The van der Waals surface area contributed by atoms with Crippen LogP contribution in [0, 0.1) is 0 Å². The van der Waals surface area contributed by atoms with Crippen molar-refractivity contribution in [3.8, 4) is 0 Å². The highest BCUT2D eigenvalue weighted by Crippen LogP contribution is 1.95. The molecule has 0 aromatic carbocycles. The molecule has 0 bridgehead atoms. The Morgan fingerprint density at radius 2 is 1.20 bits per heavy atom. The first kappa shape index (κ1) is 13.6. The zero-order chi connectivity index (χ0) is 11.5. The van der Waals surface area contributed by atoms with Gasteiger partial charge in [-0.15, -0.1) is 0 Å². The van der Waals surface area contributed by atoms with Crippen LogP contribution in [-0.2, 0) is 0 Å². The van der Waals surface area contributed by atoms with E-state index in [1.54, 1.807) is 12.2 Å². The second-order valence-electron chi connectivity index (χ2n) is 3.37. The second-order valence-corrected chi connectivity index (χ2v) is 3.37. The molecule has 0 saturated heterocycles. The normalized spacial score (nSPS) is 9.07. The van der Waals surface area contributed by atoms with Gasteiger partial charge in [0, 0.05) is 24.5 Å². The molecule has 0 fully saturated rings. The third kappa shape index (κ3) is 8.88. The lowest BCUT2D eigenvalue weighted by atomic mass is 10.2. The maximum atomic E-state index is 3.78. The molecular formula is C13H22N2. The summed E-state index contributed by atoms with van der Waals surface area (Å²) < 4.78 is 0. The minimum Gasteiger partial charge on any atom is -0.386 e. The van der Waals surface area contributed by atoms with Gasteiger partial charge >= 0.3 is 0 Å². The van der Waals surface area contributed by atoms with Gasteiger partial charge < -0.3 is 10.6 Å². The summed E-state index contributed by atoms with van der Waals surface area (Å²) in [5, 5.41) is 6.35. The summed E-state index contributed by atoms with van der Waals surface area (Å²) in [6.07, 6.45) is 6.95. The first-order valence-electron chi connectivity index (χ1n) is 5.31. The van der Waals surface area contributed by atoms with E-state index in [0.717, 1.165) is 37.3 Å². The Bertz CT molecular complexity index is 205. The Balaban J connectivity index is 3.18. The molecule has 0 aliphatic heterocycles. The molecule has 2 N–H and O–H groups in total. The van der Waals surface area contributed by atoms with Crippen LogP contribution in [0.3, 0.4) is 0 Å². The summed E-state index contributed by atoms with van der Waals surface area (Å²) in [6, 6.07) is 0. The molecule has 0 radical (unpaired) electrons. The van der Waals surface area contributed by atoms with Crippen LogP contribution in [0.15, 0.2) is 49.9 Å². The van der Waals surface area contributed by atoms with Crippen molar-refractivity contribution in [1.82, 2.24) is 10.6 Å². The maximum absolute atomic E-state index is 3.78. The average molecular weight is 206 g/mol. The molecule has 0 saturated carbocycles. The van der Waals surface area contributed by atoms with Gasteiger partial charge in [-0.05, 0) is 31.4 Å². The predicted octanol–water partition coefficient (Wildman–Crippen LogP) is 2.74. The van der Waals surface area contributed by atoms with Gasteiger partial charge in [0.25, 0.3) is 0 Å². The number of hydrogen-bond acceptors (Lipinski definition) is 2. The predicted molar refractivity (Wildman–Crippen MR) is 68.5 cm³/mol. The van der Waals surface area contributed by atoms with Crippen LogP contribution < -0.4 is 10.6 Å². The Morgan fingerprint density at radius 3 is 1.53 bits per heavy atom. The Labute approximate surface area is 93.5 Å². The summed E-state index contributed by atoms with van der Waals surface area (Å²) in [5.74, 6) is 0. The fraction of sp³-hybridized carbons (Fsp3) is 0.385. The lowest BCUT2D eigenvalue weighted by Gasteiger charge is -2.06. The number of rotatable bonds is 10. The van der Waals surface area contributed by atoms with Gasteiger partial charge in [0.2, 0.25) is 0 Å². The molecule has 0 aliphatic rings. The van der Waals surface area contributed by atoms with Crippen molar-refractivity contribution >= 4 is 0 Å². The molecule has 0 rings (SSSR count). The van der Waals surface area contributed by atoms with E-state index in [4.69, 9.17) is 0 Å². The zero-order valence-electron chi connectivity index (χ0n) is 9.52. The van der Waals surface area contributed by atoms with Gasteiger partial charge in [0.05, 0.1) is 0 Å². The first-order chi connectivity index (χ1) is 7.20. The van der Waals surface area contributed by atoms with Crippen molar-refractivity contribution in [3.63, 3.8) is 0 Å². The molecule has 15 heavy (non-hydrogen) atoms. The largest absolute Gasteiger partial charge is 0.386 e.